The topological polar surface area (TPSA) is 143 Å². The van der Waals surface area contributed by atoms with E-state index in [0.717, 1.165) is 0 Å². The molecule has 36 heavy (non-hydrogen) atoms. The molecular weight excluding hydrogens is 454 g/mol. The highest BCUT2D eigenvalue weighted by molar-refractivity contribution is 5.95. The van der Waals surface area contributed by atoms with Crippen molar-refractivity contribution in [2.24, 2.45) is 0 Å². The number of hydrogen-bond acceptors (Lipinski definition) is 8. The summed E-state index contributed by atoms with van der Waals surface area (Å²) in [4.78, 5) is 26.4. The van der Waals surface area contributed by atoms with Crippen LogP contribution in [0.1, 0.15) is 24.2 Å². The lowest BCUT2D eigenvalue weighted by molar-refractivity contribution is 0.454. The monoisotopic (exact) mass is 475 g/mol. The second kappa shape index (κ2) is 9.19. The molecule has 0 aliphatic rings. The van der Waals surface area contributed by atoms with E-state index >= 15 is 0 Å². The Bertz CT molecular complexity index is 1690. The molecule has 4 N–H and O–H groups in total. The summed E-state index contributed by atoms with van der Waals surface area (Å²) in [5.74, 6) is 0.188. The van der Waals surface area contributed by atoms with E-state index in [1.807, 2.05) is 61.5 Å². The average molecular weight is 476 g/mol. The molecule has 176 valence electrons. The van der Waals surface area contributed by atoms with Gasteiger partial charge in [-0.2, -0.15) is 10.2 Å². The lowest BCUT2D eigenvalue weighted by Gasteiger charge is -2.22. The molecule has 0 aliphatic heterocycles. The first-order chi connectivity index (χ1) is 17.5. The third-order valence-electron chi connectivity index (χ3n) is 5.82. The second-order valence-electron chi connectivity index (χ2n) is 8.16. The molecule has 9 nitrogen and oxygen atoms in total. The van der Waals surface area contributed by atoms with E-state index in [4.69, 9.17) is 5.73 Å². The van der Waals surface area contributed by atoms with Gasteiger partial charge < -0.3 is 16.2 Å². The van der Waals surface area contributed by atoms with Gasteiger partial charge >= 0.3 is 0 Å². The Hall–Kier alpha value is -5.23. The van der Waals surface area contributed by atoms with Crippen molar-refractivity contribution in [3.8, 4) is 28.9 Å². The van der Waals surface area contributed by atoms with Gasteiger partial charge in [-0.05, 0) is 36.6 Å². The summed E-state index contributed by atoms with van der Waals surface area (Å²) in [7, 11) is 0. The van der Waals surface area contributed by atoms with Crippen LogP contribution in [-0.4, -0.2) is 24.6 Å². The molecule has 0 saturated carbocycles. The largest absolute Gasteiger partial charge is 0.493 e. The maximum absolute atomic E-state index is 14.1. The number of anilines is 2. The molecule has 5 rings (SSSR count). The van der Waals surface area contributed by atoms with Crippen LogP contribution in [0.5, 0.6) is 5.88 Å². The number of hydrogen-bond donors (Lipinski definition) is 3. The number of fused-ring (bicyclic) bond motifs is 1. The number of nitrogen functional groups attached to an aromatic ring is 1. The van der Waals surface area contributed by atoms with E-state index in [-0.39, 0.29) is 28.8 Å². The van der Waals surface area contributed by atoms with Gasteiger partial charge in [0.25, 0.3) is 5.56 Å². The van der Waals surface area contributed by atoms with E-state index in [1.54, 1.807) is 16.7 Å². The summed E-state index contributed by atoms with van der Waals surface area (Å²) in [5.41, 5.74) is 8.17. The Morgan fingerprint density at radius 2 is 1.83 bits per heavy atom. The summed E-state index contributed by atoms with van der Waals surface area (Å²) in [6, 6.07) is 23.3. The average Bonchev–Trinajstić information content (AvgIpc) is 2.89. The van der Waals surface area contributed by atoms with Gasteiger partial charge in [-0.3, -0.25) is 9.36 Å². The number of benzene rings is 2. The minimum atomic E-state index is -0.439. The van der Waals surface area contributed by atoms with Crippen molar-refractivity contribution in [2.75, 3.05) is 11.1 Å². The van der Waals surface area contributed by atoms with E-state index in [1.165, 1.54) is 12.3 Å². The highest BCUT2D eigenvalue weighted by Gasteiger charge is 2.20. The van der Waals surface area contributed by atoms with E-state index in [0.29, 0.717) is 33.4 Å². The van der Waals surface area contributed by atoms with Crippen molar-refractivity contribution in [1.29, 1.82) is 5.26 Å². The fourth-order valence-corrected chi connectivity index (χ4v) is 4.20. The van der Waals surface area contributed by atoms with Crippen LogP contribution in [-0.2, 0) is 0 Å². The zero-order valence-corrected chi connectivity index (χ0v) is 19.3. The minimum Gasteiger partial charge on any atom is -0.493 e. The summed E-state index contributed by atoms with van der Waals surface area (Å²) >= 11 is 0. The van der Waals surface area contributed by atoms with Crippen LogP contribution < -0.4 is 16.6 Å². The highest BCUT2D eigenvalue weighted by atomic mass is 16.3. The van der Waals surface area contributed by atoms with Crippen molar-refractivity contribution in [3.63, 3.8) is 0 Å². The predicted octanol–water partition coefficient (Wildman–Crippen LogP) is 4.18. The van der Waals surface area contributed by atoms with Gasteiger partial charge in [0, 0.05) is 23.0 Å². The molecule has 5 aromatic rings. The number of nitrogens with two attached hydrogens (primary N) is 1. The van der Waals surface area contributed by atoms with Gasteiger partial charge in [0.15, 0.2) is 0 Å². The number of nitrogens with one attached hydrogen (secondary N) is 1. The van der Waals surface area contributed by atoms with Crippen molar-refractivity contribution in [2.45, 2.75) is 13.0 Å². The van der Waals surface area contributed by atoms with Crippen LogP contribution in [0.4, 0.5) is 11.8 Å². The maximum atomic E-state index is 14.1. The fourth-order valence-electron chi connectivity index (χ4n) is 4.20. The Kier molecular flexibility index (Phi) is 5.76. The first-order valence-electron chi connectivity index (χ1n) is 11.2. The Labute approximate surface area is 206 Å². The Balaban J connectivity index is 1.75. The van der Waals surface area contributed by atoms with Gasteiger partial charge in [0.05, 0.1) is 23.3 Å². The van der Waals surface area contributed by atoms with Crippen LogP contribution in [0, 0.1) is 11.3 Å². The summed E-state index contributed by atoms with van der Waals surface area (Å²) < 4.78 is 1.63. The van der Waals surface area contributed by atoms with E-state index < -0.39 is 6.04 Å². The van der Waals surface area contributed by atoms with E-state index in [9.17, 15) is 15.2 Å². The molecule has 3 aromatic heterocycles. The third kappa shape index (κ3) is 4.08. The highest BCUT2D eigenvalue weighted by Crippen LogP contribution is 2.30. The van der Waals surface area contributed by atoms with Crippen LogP contribution in [0.2, 0.25) is 0 Å². The molecule has 0 bridgehead atoms. The number of aromatic hydroxyl groups is 1. The quantitative estimate of drug-likeness (QED) is 0.344. The maximum Gasteiger partial charge on any atom is 0.263 e. The molecule has 1 atom stereocenters. The molecule has 0 saturated heterocycles. The van der Waals surface area contributed by atoms with Crippen LogP contribution in [0.3, 0.4) is 0 Å². The molecule has 0 unspecified atom stereocenters. The SMILES string of the molecule is C[C@H](Nc1nc(N)ncc1C#N)c1cc2cccc(-c3cccc(O)n3)c2c(=O)n1-c1ccccc1. The standard InChI is InChI=1S/C27H21N7O2/c1-16(31-25-18(14-28)15-30-27(29)33-25)22-13-17-7-5-10-20(21-11-6-12-23(35)32-21)24(17)26(36)34(22)19-8-3-2-4-9-19/h2-13,15-16H,1H3,(H,32,35)(H3,29,30,31,33)/t16-/m0/s1. The van der Waals surface area contributed by atoms with Gasteiger partial charge in [0.2, 0.25) is 11.8 Å². The minimum absolute atomic E-state index is 0.0333. The summed E-state index contributed by atoms with van der Waals surface area (Å²) in [6.45, 7) is 1.88. The number of rotatable bonds is 5. The van der Waals surface area contributed by atoms with Gasteiger partial charge in [-0.1, -0.05) is 42.5 Å². The molecule has 0 radical (unpaired) electrons. The predicted molar refractivity (Wildman–Crippen MR) is 138 cm³/mol. The third-order valence-corrected chi connectivity index (χ3v) is 5.82. The first kappa shape index (κ1) is 22.6. The van der Waals surface area contributed by atoms with Crippen LogP contribution in [0.25, 0.3) is 27.7 Å². The van der Waals surface area contributed by atoms with Gasteiger partial charge in [-0.25, -0.2) is 9.97 Å². The van der Waals surface area contributed by atoms with Crippen molar-refractivity contribution in [3.05, 3.63) is 101 Å². The van der Waals surface area contributed by atoms with Crippen LogP contribution >= 0.6 is 0 Å². The lowest BCUT2D eigenvalue weighted by atomic mass is 10.0. The number of para-hydroxylation sites is 1. The smallest absolute Gasteiger partial charge is 0.263 e. The van der Waals surface area contributed by atoms with Crippen molar-refractivity contribution in [1.82, 2.24) is 19.5 Å². The van der Waals surface area contributed by atoms with Crippen molar-refractivity contribution >= 4 is 22.5 Å². The van der Waals surface area contributed by atoms with Gasteiger partial charge in [0.1, 0.15) is 17.5 Å². The van der Waals surface area contributed by atoms with Crippen molar-refractivity contribution < 1.29 is 5.11 Å². The molecule has 0 spiro atoms. The molecule has 2 aromatic carbocycles. The first-order valence-corrected chi connectivity index (χ1v) is 11.2. The fraction of sp³-hybridized carbons (Fsp3) is 0.0741. The number of nitriles is 1. The normalized spacial score (nSPS) is 11.7. The molecular formula is C27H21N7O2. The zero-order valence-electron chi connectivity index (χ0n) is 19.3. The Morgan fingerprint density at radius 3 is 2.58 bits per heavy atom. The lowest BCUT2D eigenvalue weighted by Crippen LogP contribution is -2.26. The molecule has 3 heterocycles. The molecule has 0 amide bonds. The summed E-state index contributed by atoms with van der Waals surface area (Å²) in [6.07, 6.45) is 1.36. The molecule has 0 aliphatic carbocycles. The van der Waals surface area contributed by atoms with E-state index in [2.05, 4.69) is 26.3 Å². The number of pyridine rings is 2. The number of nitrogens with zero attached hydrogens (tertiary/aromatic N) is 5. The second-order valence-corrected chi connectivity index (χ2v) is 8.16. The molecule has 0 fully saturated rings. The number of aromatic nitrogens is 4. The van der Waals surface area contributed by atoms with Crippen LogP contribution in [0.15, 0.2) is 83.8 Å². The van der Waals surface area contributed by atoms with Gasteiger partial charge in [-0.15, -0.1) is 0 Å². The Morgan fingerprint density at radius 1 is 1.06 bits per heavy atom. The zero-order chi connectivity index (χ0) is 25.2. The summed E-state index contributed by atoms with van der Waals surface area (Å²) in [5, 5.41) is 23.8. The molecule has 9 heteroatoms.